The highest BCUT2D eigenvalue weighted by Gasteiger charge is 2.23. The lowest BCUT2D eigenvalue weighted by Gasteiger charge is -2.25. The summed E-state index contributed by atoms with van der Waals surface area (Å²) >= 11 is 0. The van der Waals surface area contributed by atoms with Crippen LogP contribution in [0.3, 0.4) is 0 Å². The van der Waals surface area contributed by atoms with Crippen LogP contribution in [0, 0.1) is 5.92 Å². The lowest BCUT2D eigenvalue weighted by atomic mass is 9.96. The van der Waals surface area contributed by atoms with Gasteiger partial charge in [0.2, 0.25) is 0 Å². The van der Waals surface area contributed by atoms with Gasteiger partial charge in [-0.3, -0.25) is 4.79 Å². The molecule has 0 amide bonds. The average Bonchev–Trinajstić information content (AvgIpc) is 2.05. The SMILES string of the molecule is COC(=O)[C@H]1CC[C@@H](C)NC1. The van der Waals surface area contributed by atoms with E-state index in [9.17, 15) is 4.79 Å². The van der Waals surface area contributed by atoms with E-state index in [1.165, 1.54) is 7.11 Å². The molecule has 0 bridgehead atoms. The summed E-state index contributed by atoms with van der Waals surface area (Å²) in [6.07, 6.45) is 2.03. The number of nitrogens with one attached hydrogen (secondary N) is 1. The smallest absolute Gasteiger partial charge is 0.309 e. The standard InChI is InChI=1S/C8H15NO2/c1-6-3-4-7(5-9-6)8(10)11-2/h6-7,9H,3-5H2,1-2H3/t6-,7+/m1/s1. The van der Waals surface area contributed by atoms with E-state index in [1.54, 1.807) is 0 Å². The molecule has 0 aromatic heterocycles. The lowest BCUT2D eigenvalue weighted by molar-refractivity contribution is -0.146. The van der Waals surface area contributed by atoms with Crippen LogP contribution in [0.25, 0.3) is 0 Å². The van der Waals surface area contributed by atoms with Crippen LogP contribution in [0.15, 0.2) is 0 Å². The van der Waals surface area contributed by atoms with Crippen LogP contribution in [-0.4, -0.2) is 25.7 Å². The molecule has 0 aromatic carbocycles. The monoisotopic (exact) mass is 157 g/mol. The summed E-state index contributed by atoms with van der Waals surface area (Å²) < 4.78 is 4.65. The van der Waals surface area contributed by atoms with Crippen LogP contribution in [-0.2, 0) is 9.53 Å². The van der Waals surface area contributed by atoms with Crippen molar-refractivity contribution in [3.05, 3.63) is 0 Å². The fraction of sp³-hybridized carbons (Fsp3) is 0.875. The number of carbonyl (C=O) groups excluding carboxylic acids is 1. The first-order chi connectivity index (χ1) is 5.24. The number of esters is 1. The van der Waals surface area contributed by atoms with Crippen LogP contribution in [0.4, 0.5) is 0 Å². The summed E-state index contributed by atoms with van der Waals surface area (Å²) in [4.78, 5) is 11.0. The Hall–Kier alpha value is -0.570. The molecule has 3 nitrogen and oxygen atoms in total. The quantitative estimate of drug-likeness (QED) is 0.565. The average molecular weight is 157 g/mol. The maximum atomic E-state index is 11.0. The predicted octanol–water partition coefficient (Wildman–Crippen LogP) is 0.547. The van der Waals surface area contributed by atoms with Crippen molar-refractivity contribution < 1.29 is 9.53 Å². The second-order valence-electron chi connectivity index (χ2n) is 3.11. The molecule has 1 saturated heterocycles. The Bertz CT molecular complexity index is 139. The molecule has 0 aromatic rings. The van der Waals surface area contributed by atoms with E-state index < -0.39 is 0 Å². The summed E-state index contributed by atoms with van der Waals surface area (Å²) in [6, 6.07) is 0.552. The molecule has 0 aliphatic carbocycles. The molecule has 0 unspecified atom stereocenters. The van der Waals surface area contributed by atoms with Gasteiger partial charge in [0, 0.05) is 12.6 Å². The third-order valence-corrected chi connectivity index (χ3v) is 2.20. The first kappa shape index (κ1) is 8.53. The number of ether oxygens (including phenoxy) is 1. The molecule has 0 radical (unpaired) electrons. The van der Waals surface area contributed by atoms with Crippen LogP contribution in [0.5, 0.6) is 0 Å². The van der Waals surface area contributed by atoms with Gasteiger partial charge in [-0.15, -0.1) is 0 Å². The normalized spacial score (nSPS) is 31.5. The first-order valence-electron chi connectivity index (χ1n) is 4.05. The molecule has 11 heavy (non-hydrogen) atoms. The Morgan fingerprint density at radius 3 is 2.73 bits per heavy atom. The Kier molecular flexibility index (Phi) is 2.88. The van der Waals surface area contributed by atoms with Crippen molar-refractivity contribution in [2.24, 2.45) is 5.92 Å². The molecule has 1 aliphatic heterocycles. The zero-order valence-corrected chi connectivity index (χ0v) is 7.09. The highest BCUT2D eigenvalue weighted by molar-refractivity contribution is 5.72. The second kappa shape index (κ2) is 3.72. The molecule has 1 heterocycles. The van der Waals surface area contributed by atoms with Crippen LogP contribution in [0.1, 0.15) is 19.8 Å². The van der Waals surface area contributed by atoms with E-state index in [2.05, 4.69) is 17.0 Å². The summed E-state index contributed by atoms with van der Waals surface area (Å²) in [6.45, 7) is 2.90. The number of piperidine rings is 1. The van der Waals surface area contributed by atoms with Crippen LogP contribution < -0.4 is 5.32 Å². The fourth-order valence-electron chi connectivity index (χ4n) is 1.37. The van der Waals surface area contributed by atoms with Crippen LogP contribution >= 0.6 is 0 Å². The van der Waals surface area contributed by atoms with E-state index >= 15 is 0 Å². The molecule has 1 aliphatic rings. The Balaban J connectivity index is 2.33. The minimum Gasteiger partial charge on any atom is -0.469 e. The van der Waals surface area contributed by atoms with Gasteiger partial charge in [-0.05, 0) is 19.8 Å². The summed E-state index contributed by atoms with van der Waals surface area (Å²) in [7, 11) is 1.44. The Morgan fingerprint density at radius 1 is 1.55 bits per heavy atom. The van der Waals surface area contributed by atoms with Gasteiger partial charge in [-0.1, -0.05) is 0 Å². The molecule has 2 atom stereocenters. The van der Waals surface area contributed by atoms with Crippen molar-refractivity contribution in [3.63, 3.8) is 0 Å². The van der Waals surface area contributed by atoms with Crippen molar-refractivity contribution in [1.82, 2.24) is 5.32 Å². The van der Waals surface area contributed by atoms with Gasteiger partial charge >= 0.3 is 5.97 Å². The predicted molar refractivity (Wildman–Crippen MR) is 42.2 cm³/mol. The highest BCUT2D eigenvalue weighted by Crippen LogP contribution is 2.14. The molecule has 1 fully saturated rings. The summed E-state index contributed by atoms with van der Waals surface area (Å²) in [5.41, 5.74) is 0. The highest BCUT2D eigenvalue weighted by atomic mass is 16.5. The fourth-order valence-corrected chi connectivity index (χ4v) is 1.37. The molecule has 64 valence electrons. The number of rotatable bonds is 1. The number of carbonyl (C=O) groups is 1. The zero-order chi connectivity index (χ0) is 8.27. The Morgan fingerprint density at radius 2 is 2.27 bits per heavy atom. The topological polar surface area (TPSA) is 38.3 Å². The molecular formula is C8H15NO2. The minimum absolute atomic E-state index is 0.0793. The maximum absolute atomic E-state index is 11.0. The van der Waals surface area contributed by atoms with Crippen molar-refractivity contribution in [3.8, 4) is 0 Å². The Labute approximate surface area is 67.1 Å². The van der Waals surface area contributed by atoms with E-state index in [1.807, 2.05) is 0 Å². The molecule has 1 N–H and O–H groups in total. The molecule has 0 saturated carbocycles. The number of hydrogen-bond donors (Lipinski definition) is 1. The third-order valence-electron chi connectivity index (χ3n) is 2.20. The van der Waals surface area contributed by atoms with Gasteiger partial charge in [0.25, 0.3) is 0 Å². The molecular weight excluding hydrogens is 142 g/mol. The van der Waals surface area contributed by atoms with Crippen molar-refractivity contribution in [2.75, 3.05) is 13.7 Å². The second-order valence-corrected chi connectivity index (χ2v) is 3.11. The van der Waals surface area contributed by atoms with Gasteiger partial charge in [0.05, 0.1) is 13.0 Å². The van der Waals surface area contributed by atoms with E-state index in [0.717, 1.165) is 19.4 Å². The number of methoxy groups -OCH3 is 1. The van der Waals surface area contributed by atoms with E-state index in [-0.39, 0.29) is 11.9 Å². The van der Waals surface area contributed by atoms with Crippen molar-refractivity contribution in [2.45, 2.75) is 25.8 Å². The summed E-state index contributed by atoms with van der Waals surface area (Å²) in [5, 5.41) is 3.25. The van der Waals surface area contributed by atoms with Gasteiger partial charge in [-0.25, -0.2) is 0 Å². The largest absolute Gasteiger partial charge is 0.469 e. The third kappa shape index (κ3) is 2.19. The lowest BCUT2D eigenvalue weighted by Crippen LogP contribution is -2.40. The van der Waals surface area contributed by atoms with Gasteiger partial charge < -0.3 is 10.1 Å². The number of hydrogen-bond acceptors (Lipinski definition) is 3. The minimum atomic E-state index is -0.0793. The van der Waals surface area contributed by atoms with Crippen molar-refractivity contribution >= 4 is 5.97 Å². The molecule has 3 heteroatoms. The zero-order valence-electron chi connectivity index (χ0n) is 7.09. The van der Waals surface area contributed by atoms with E-state index in [0.29, 0.717) is 6.04 Å². The molecule has 1 rings (SSSR count). The van der Waals surface area contributed by atoms with Gasteiger partial charge in [0.15, 0.2) is 0 Å². The first-order valence-corrected chi connectivity index (χ1v) is 4.05. The van der Waals surface area contributed by atoms with Gasteiger partial charge in [0.1, 0.15) is 0 Å². The maximum Gasteiger partial charge on any atom is 0.309 e. The van der Waals surface area contributed by atoms with Crippen molar-refractivity contribution in [1.29, 1.82) is 0 Å². The molecule has 0 spiro atoms. The summed E-state index contributed by atoms with van der Waals surface area (Å²) in [5.74, 6) is 0.000556. The van der Waals surface area contributed by atoms with Gasteiger partial charge in [-0.2, -0.15) is 0 Å². The van der Waals surface area contributed by atoms with Crippen LogP contribution in [0.2, 0.25) is 0 Å². The van der Waals surface area contributed by atoms with E-state index in [4.69, 9.17) is 0 Å².